The maximum absolute atomic E-state index is 11.2. The Kier molecular flexibility index (Phi) is 10.8. The van der Waals surface area contributed by atoms with E-state index in [1.54, 1.807) is 60.7 Å². The lowest BCUT2D eigenvalue weighted by atomic mass is 10.2. The third kappa shape index (κ3) is 8.72. The van der Waals surface area contributed by atoms with Gasteiger partial charge in [-0.15, -0.1) is 0 Å². The van der Waals surface area contributed by atoms with Crippen LogP contribution in [0.2, 0.25) is 0 Å². The molecule has 0 heterocycles. The molecule has 4 aromatic carbocycles. The van der Waals surface area contributed by atoms with Crippen LogP contribution in [0.1, 0.15) is 31.8 Å². The highest BCUT2D eigenvalue weighted by Crippen LogP contribution is 2.32. The third-order valence-corrected chi connectivity index (χ3v) is 5.51. The summed E-state index contributed by atoms with van der Waals surface area (Å²) in [5.41, 5.74) is 0.437. The van der Waals surface area contributed by atoms with Gasteiger partial charge in [0.25, 0.3) is 0 Å². The smallest absolute Gasteiger partial charge is 0.371 e. The number of ether oxygens (including phenoxy) is 2. The molecule has 0 aliphatic heterocycles. The van der Waals surface area contributed by atoms with Crippen LogP contribution in [0.5, 0.6) is 23.0 Å². The van der Waals surface area contributed by atoms with Gasteiger partial charge < -0.3 is 40.1 Å². The molecule has 0 bridgehead atoms. The molecule has 0 fully saturated rings. The average molecular weight is 601 g/mol. The Morgan fingerprint density at radius 2 is 0.818 bits per heavy atom. The Balaban J connectivity index is 0.000000240. The third-order valence-electron chi connectivity index (χ3n) is 5.51. The van der Waals surface area contributed by atoms with E-state index in [4.69, 9.17) is 19.7 Å². The van der Waals surface area contributed by atoms with Crippen LogP contribution in [0, 0.1) is 0 Å². The Bertz CT molecular complexity index is 1600. The van der Waals surface area contributed by atoms with E-state index in [1.807, 2.05) is 0 Å². The highest BCUT2D eigenvalue weighted by Gasteiger charge is 2.19. The highest BCUT2D eigenvalue weighted by molar-refractivity contribution is 5.94. The molecule has 12 nitrogen and oxygen atoms in total. The molecule has 12 heteroatoms. The summed E-state index contributed by atoms with van der Waals surface area (Å²) in [7, 11) is 0. The number of carbonyl (C=O) groups is 4. The second-order valence-corrected chi connectivity index (χ2v) is 8.57. The van der Waals surface area contributed by atoms with Crippen molar-refractivity contribution >= 4 is 36.0 Å². The van der Waals surface area contributed by atoms with Gasteiger partial charge in [-0.3, -0.25) is 0 Å². The van der Waals surface area contributed by atoms with E-state index >= 15 is 0 Å². The number of rotatable bonds is 10. The highest BCUT2D eigenvalue weighted by atomic mass is 16.5. The summed E-state index contributed by atoms with van der Waals surface area (Å²) in [6.07, 6.45) is 2.55. The van der Waals surface area contributed by atoms with Crippen molar-refractivity contribution in [2.75, 3.05) is 0 Å². The summed E-state index contributed by atoms with van der Waals surface area (Å²) in [6.45, 7) is 0. The van der Waals surface area contributed by atoms with Crippen molar-refractivity contribution in [2.24, 2.45) is 0 Å². The molecular weight excluding hydrogens is 576 g/mol. The minimum atomic E-state index is -1.34. The lowest BCUT2D eigenvalue weighted by Gasteiger charge is -2.09. The van der Waals surface area contributed by atoms with Gasteiger partial charge in [0.15, 0.2) is 23.0 Å². The molecule has 4 rings (SSSR count). The SMILES string of the molecule is O=C(O)/C(=C/c1ccccc1)Oc1cccc(C(=O)O)c1O.O=C(O)/C(=C\c1ccccc1)Oc1cccc(C(=O)O)c1O. The Labute approximate surface area is 249 Å². The maximum atomic E-state index is 11.2. The van der Waals surface area contributed by atoms with E-state index in [9.17, 15) is 39.6 Å². The van der Waals surface area contributed by atoms with Crippen molar-refractivity contribution in [3.05, 3.63) is 131 Å². The van der Waals surface area contributed by atoms with Gasteiger partial charge in [0.2, 0.25) is 11.5 Å². The van der Waals surface area contributed by atoms with Crippen LogP contribution in [0.25, 0.3) is 12.2 Å². The lowest BCUT2D eigenvalue weighted by molar-refractivity contribution is -0.135. The number of hydrogen-bond donors (Lipinski definition) is 6. The van der Waals surface area contributed by atoms with Crippen LogP contribution < -0.4 is 9.47 Å². The van der Waals surface area contributed by atoms with Crippen molar-refractivity contribution in [3.63, 3.8) is 0 Å². The molecule has 0 spiro atoms. The first-order chi connectivity index (χ1) is 21.0. The molecule has 0 amide bonds. The monoisotopic (exact) mass is 600 g/mol. The van der Waals surface area contributed by atoms with E-state index in [-0.39, 0.29) is 22.6 Å². The molecule has 0 radical (unpaired) electrons. The van der Waals surface area contributed by atoms with Gasteiger partial charge in [-0.1, -0.05) is 72.8 Å². The number of carboxylic acid groups (broad SMARTS) is 4. The van der Waals surface area contributed by atoms with Crippen LogP contribution in [0.4, 0.5) is 0 Å². The first-order valence-electron chi connectivity index (χ1n) is 12.4. The molecule has 0 aliphatic rings. The molecule has 6 N–H and O–H groups in total. The van der Waals surface area contributed by atoms with Gasteiger partial charge in [-0.2, -0.15) is 0 Å². The number of aliphatic carboxylic acids is 2. The summed E-state index contributed by atoms with van der Waals surface area (Å²) < 4.78 is 10.3. The summed E-state index contributed by atoms with van der Waals surface area (Å²) in [4.78, 5) is 44.4. The van der Waals surface area contributed by atoms with Gasteiger partial charge in [0.05, 0.1) is 0 Å². The summed E-state index contributed by atoms with van der Waals surface area (Å²) in [5.74, 6) is -8.00. The fourth-order valence-electron chi connectivity index (χ4n) is 3.46. The Hall–Kier alpha value is -6.56. The van der Waals surface area contributed by atoms with Crippen LogP contribution in [0.15, 0.2) is 109 Å². The number of para-hydroxylation sites is 2. The summed E-state index contributed by atoms with van der Waals surface area (Å²) in [5, 5.41) is 55.9. The summed E-state index contributed by atoms with van der Waals surface area (Å²) >= 11 is 0. The minimum Gasteiger partial charge on any atom is -0.504 e. The van der Waals surface area contributed by atoms with Gasteiger partial charge in [0.1, 0.15) is 11.1 Å². The largest absolute Gasteiger partial charge is 0.504 e. The molecule has 0 atom stereocenters. The number of hydrogen-bond acceptors (Lipinski definition) is 8. The number of aromatic carboxylic acids is 2. The molecular formula is C32H24O12. The second-order valence-electron chi connectivity index (χ2n) is 8.57. The minimum absolute atomic E-state index is 0.246. The van der Waals surface area contributed by atoms with E-state index < -0.39 is 46.9 Å². The number of phenols is 2. The molecule has 4 aromatic rings. The quantitative estimate of drug-likeness (QED) is 0.103. The van der Waals surface area contributed by atoms with Crippen LogP contribution in [-0.4, -0.2) is 54.5 Å². The lowest BCUT2D eigenvalue weighted by Crippen LogP contribution is -2.08. The first kappa shape index (κ1) is 32.0. The normalized spacial score (nSPS) is 11.0. The molecule has 0 aromatic heterocycles. The van der Waals surface area contributed by atoms with Crippen molar-refractivity contribution in [1.29, 1.82) is 0 Å². The van der Waals surface area contributed by atoms with Crippen molar-refractivity contribution in [1.82, 2.24) is 0 Å². The fourth-order valence-corrected chi connectivity index (χ4v) is 3.46. The number of aromatic hydroxyl groups is 2. The predicted molar refractivity (Wildman–Crippen MR) is 155 cm³/mol. The second kappa shape index (κ2) is 14.9. The van der Waals surface area contributed by atoms with Crippen LogP contribution in [0.3, 0.4) is 0 Å². The molecule has 0 aliphatic carbocycles. The van der Waals surface area contributed by atoms with E-state index in [1.165, 1.54) is 48.6 Å². The topological polar surface area (TPSA) is 208 Å². The number of benzene rings is 4. The van der Waals surface area contributed by atoms with Crippen LogP contribution >= 0.6 is 0 Å². The van der Waals surface area contributed by atoms with Gasteiger partial charge in [-0.25, -0.2) is 19.2 Å². The zero-order chi connectivity index (χ0) is 32.2. The molecule has 224 valence electrons. The molecule has 0 saturated carbocycles. The van der Waals surface area contributed by atoms with E-state index in [2.05, 4.69) is 0 Å². The number of carboxylic acids is 4. The standard InChI is InChI=1S/2C16H12O6/c2*17-14-11(15(18)19)7-4-8-12(14)22-13(16(20)21)9-10-5-2-1-3-6-10/h2*1-9,17H,(H,18,19)(H,20,21)/b13-9+;13-9-. The zero-order valence-electron chi connectivity index (χ0n) is 22.5. The van der Waals surface area contributed by atoms with Crippen molar-refractivity contribution < 1.29 is 59.3 Å². The zero-order valence-corrected chi connectivity index (χ0v) is 22.5. The van der Waals surface area contributed by atoms with Gasteiger partial charge in [0, 0.05) is 0 Å². The van der Waals surface area contributed by atoms with Gasteiger partial charge in [-0.05, 0) is 47.5 Å². The fraction of sp³-hybridized carbons (Fsp3) is 0. The first-order valence-corrected chi connectivity index (χ1v) is 12.4. The van der Waals surface area contributed by atoms with Crippen molar-refractivity contribution in [3.8, 4) is 23.0 Å². The van der Waals surface area contributed by atoms with Gasteiger partial charge >= 0.3 is 23.9 Å². The van der Waals surface area contributed by atoms with Crippen LogP contribution in [-0.2, 0) is 9.59 Å². The maximum Gasteiger partial charge on any atom is 0.371 e. The molecule has 0 saturated heterocycles. The molecule has 44 heavy (non-hydrogen) atoms. The molecule has 0 unspecified atom stereocenters. The van der Waals surface area contributed by atoms with E-state index in [0.717, 1.165) is 0 Å². The summed E-state index contributed by atoms with van der Waals surface area (Å²) in [6, 6.07) is 24.8. The Morgan fingerprint density at radius 3 is 1.11 bits per heavy atom. The Morgan fingerprint density at radius 1 is 0.477 bits per heavy atom. The van der Waals surface area contributed by atoms with E-state index in [0.29, 0.717) is 11.1 Å². The van der Waals surface area contributed by atoms with Crippen molar-refractivity contribution in [2.45, 2.75) is 0 Å². The average Bonchev–Trinajstić information content (AvgIpc) is 2.99. The predicted octanol–water partition coefficient (Wildman–Crippen LogP) is 5.19.